The number of benzene rings is 1. The summed E-state index contributed by atoms with van der Waals surface area (Å²) >= 11 is 6.08. The van der Waals surface area contributed by atoms with Crippen LogP contribution in [0.25, 0.3) is 5.65 Å². The molecule has 0 spiro atoms. The number of hydrogen-bond donors (Lipinski definition) is 2. The van der Waals surface area contributed by atoms with Gasteiger partial charge < -0.3 is 15.0 Å². The van der Waals surface area contributed by atoms with Crippen LogP contribution in [-0.2, 0) is 11.3 Å². The molecule has 7 nitrogen and oxygen atoms in total. The third-order valence-electron chi connectivity index (χ3n) is 6.31. The minimum atomic E-state index is -0.0691. The first-order chi connectivity index (χ1) is 16.1. The molecule has 0 radical (unpaired) electrons. The lowest BCUT2D eigenvalue weighted by Crippen LogP contribution is -2.16. The quantitative estimate of drug-likeness (QED) is 0.406. The van der Waals surface area contributed by atoms with Gasteiger partial charge in [0, 0.05) is 23.3 Å². The monoisotopic (exact) mass is 458 g/mol. The highest BCUT2D eigenvalue weighted by Gasteiger charge is 2.44. The number of amides is 1. The van der Waals surface area contributed by atoms with Gasteiger partial charge in [-0.1, -0.05) is 29.8 Å². The van der Waals surface area contributed by atoms with Crippen LogP contribution < -0.4 is 10.6 Å². The molecule has 1 aromatic carbocycles. The maximum Gasteiger partial charge on any atom is 0.229 e. The number of nitrogens with zero attached hydrogens (tertiary/aromatic N) is 4. The van der Waals surface area contributed by atoms with Crippen LogP contribution >= 0.6 is 11.6 Å². The van der Waals surface area contributed by atoms with Crippen LogP contribution in [0.3, 0.4) is 0 Å². The van der Waals surface area contributed by atoms with E-state index in [-0.39, 0.29) is 17.7 Å². The number of aromatic nitrogens is 4. The molecule has 2 N–H and O–H groups in total. The van der Waals surface area contributed by atoms with Crippen molar-refractivity contribution in [1.29, 1.82) is 0 Å². The van der Waals surface area contributed by atoms with Gasteiger partial charge in [0.2, 0.25) is 5.91 Å². The molecule has 2 aliphatic carbocycles. The Hall–Kier alpha value is -3.45. The largest absolute Gasteiger partial charge is 0.363 e. The number of pyridine rings is 1. The maximum absolute atomic E-state index is 12.7. The molecule has 3 heterocycles. The smallest absolute Gasteiger partial charge is 0.229 e. The van der Waals surface area contributed by atoms with Crippen LogP contribution in [0, 0.1) is 5.92 Å². The fourth-order valence-electron chi connectivity index (χ4n) is 4.31. The lowest BCUT2D eigenvalue weighted by molar-refractivity contribution is -0.117. The second-order valence-electron chi connectivity index (χ2n) is 8.87. The Morgan fingerprint density at radius 3 is 2.79 bits per heavy atom. The van der Waals surface area contributed by atoms with Crippen LogP contribution in [0.2, 0.25) is 5.02 Å². The van der Waals surface area contributed by atoms with Crippen molar-refractivity contribution in [2.45, 2.75) is 37.6 Å². The van der Waals surface area contributed by atoms with Crippen LogP contribution in [-0.4, -0.2) is 25.3 Å². The lowest BCUT2D eigenvalue weighted by atomic mass is 10.1. The number of halogens is 1. The SMILES string of the molecule is O=C(Nc1cncc(NCc2cn3cc(C4CC4)ccc3n2)n1)[C@H]1C[C@@H]1c1cccc(Cl)c1. The van der Waals surface area contributed by atoms with Crippen molar-refractivity contribution in [1.82, 2.24) is 19.4 Å². The molecule has 0 saturated heterocycles. The van der Waals surface area contributed by atoms with E-state index in [1.807, 2.05) is 30.5 Å². The molecule has 0 bridgehead atoms. The van der Waals surface area contributed by atoms with E-state index >= 15 is 0 Å². The van der Waals surface area contributed by atoms with Crippen molar-refractivity contribution in [2.24, 2.45) is 5.92 Å². The molecular formula is C25H23ClN6O. The van der Waals surface area contributed by atoms with E-state index < -0.39 is 0 Å². The number of fused-ring (bicyclic) bond motifs is 1. The Morgan fingerprint density at radius 1 is 1.06 bits per heavy atom. The minimum Gasteiger partial charge on any atom is -0.363 e. The Balaban J connectivity index is 1.08. The number of anilines is 2. The molecule has 2 aliphatic rings. The number of imidazole rings is 1. The lowest BCUT2D eigenvalue weighted by Gasteiger charge is -2.07. The predicted molar refractivity (Wildman–Crippen MR) is 127 cm³/mol. The maximum atomic E-state index is 12.7. The van der Waals surface area contributed by atoms with Gasteiger partial charge in [0.25, 0.3) is 0 Å². The van der Waals surface area contributed by atoms with E-state index in [1.54, 1.807) is 12.4 Å². The molecule has 6 rings (SSSR count). The molecule has 8 heteroatoms. The zero-order valence-electron chi connectivity index (χ0n) is 17.9. The number of rotatable bonds is 7. The summed E-state index contributed by atoms with van der Waals surface area (Å²) in [5.41, 5.74) is 4.33. The van der Waals surface area contributed by atoms with Crippen molar-refractivity contribution < 1.29 is 4.79 Å². The summed E-state index contributed by atoms with van der Waals surface area (Å²) in [6.45, 7) is 0.520. The molecule has 3 aromatic heterocycles. The predicted octanol–water partition coefficient (Wildman–Crippen LogP) is 5.01. The van der Waals surface area contributed by atoms with Crippen molar-refractivity contribution in [3.63, 3.8) is 0 Å². The summed E-state index contributed by atoms with van der Waals surface area (Å²) in [7, 11) is 0. The molecule has 33 heavy (non-hydrogen) atoms. The van der Waals surface area contributed by atoms with E-state index in [9.17, 15) is 4.79 Å². The summed E-state index contributed by atoms with van der Waals surface area (Å²) in [6, 6.07) is 11.9. The topological polar surface area (TPSA) is 84.2 Å². The van der Waals surface area contributed by atoms with Crippen molar-refractivity contribution >= 4 is 34.8 Å². The van der Waals surface area contributed by atoms with Crippen LogP contribution in [0.1, 0.15) is 47.9 Å². The molecule has 166 valence electrons. The molecule has 0 aliphatic heterocycles. The highest BCUT2D eigenvalue weighted by Crippen LogP contribution is 2.48. The van der Waals surface area contributed by atoms with Gasteiger partial charge in [0.15, 0.2) is 5.82 Å². The third-order valence-corrected chi connectivity index (χ3v) is 6.55. The van der Waals surface area contributed by atoms with Gasteiger partial charge in [0.1, 0.15) is 11.5 Å². The summed E-state index contributed by atoms with van der Waals surface area (Å²) in [5.74, 6) is 1.83. The number of carbonyl (C=O) groups excluding carboxylic acids is 1. The van der Waals surface area contributed by atoms with Crippen molar-refractivity contribution in [3.8, 4) is 0 Å². The van der Waals surface area contributed by atoms with E-state index in [0.29, 0.717) is 29.1 Å². The van der Waals surface area contributed by atoms with Gasteiger partial charge in [-0.15, -0.1) is 0 Å². The molecule has 1 amide bonds. The average Bonchev–Trinajstić information content (AvgIpc) is 3.74. The first-order valence-corrected chi connectivity index (χ1v) is 11.6. The van der Waals surface area contributed by atoms with Gasteiger partial charge in [0.05, 0.1) is 24.6 Å². The van der Waals surface area contributed by atoms with Crippen LogP contribution in [0.15, 0.2) is 61.2 Å². The highest BCUT2D eigenvalue weighted by atomic mass is 35.5. The van der Waals surface area contributed by atoms with Gasteiger partial charge in [-0.3, -0.25) is 9.78 Å². The second kappa shape index (κ2) is 8.15. The number of hydrogen-bond acceptors (Lipinski definition) is 5. The van der Waals surface area contributed by atoms with Gasteiger partial charge in [-0.05, 0) is 60.4 Å². The number of carbonyl (C=O) groups is 1. The van der Waals surface area contributed by atoms with E-state index in [0.717, 1.165) is 23.3 Å². The normalized spacial score (nSPS) is 19.4. The molecule has 4 aromatic rings. The first-order valence-electron chi connectivity index (χ1n) is 11.2. The van der Waals surface area contributed by atoms with Crippen LogP contribution in [0.5, 0.6) is 0 Å². The molecule has 0 unspecified atom stereocenters. The summed E-state index contributed by atoms with van der Waals surface area (Å²) in [4.78, 5) is 26.0. The molecule has 2 fully saturated rings. The summed E-state index contributed by atoms with van der Waals surface area (Å²) < 4.78 is 2.08. The Kier molecular flexibility index (Phi) is 4.99. The zero-order valence-corrected chi connectivity index (χ0v) is 18.7. The van der Waals surface area contributed by atoms with E-state index in [1.165, 1.54) is 18.4 Å². The summed E-state index contributed by atoms with van der Waals surface area (Å²) in [6.07, 6.45) is 10.8. The first kappa shape index (κ1) is 20.2. The van der Waals surface area contributed by atoms with E-state index in [4.69, 9.17) is 11.6 Å². The fraction of sp³-hybridized carbons (Fsp3) is 0.280. The Morgan fingerprint density at radius 2 is 1.94 bits per heavy atom. The molecule has 2 saturated carbocycles. The van der Waals surface area contributed by atoms with Gasteiger partial charge >= 0.3 is 0 Å². The van der Waals surface area contributed by atoms with Gasteiger partial charge in [-0.25, -0.2) is 9.97 Å². The van der Waals surface area contributed by atoms with Crippen molar-refractivity contribution in [3.05, 3.63) is 83.0 Å². The van der Waals surface area contributed by atoms with Crippen LogP contribution in [0.4, 0.5) is 11.6 Å². The second-order valence-corrected chi connectivity index (χ2v) is 9.31. The van der Waals surface area contributed by atoms with Crippen molar-refractivity contribution in [2.75, 3.05) is 10.6 Å². The average molecular weight is 459 g/mol. The molecular weight excluding hydrogens is 436 g/mol. The Labute approximate surface area is 196 Å². The Bertz CT molecular complexity index is 1350. The number of nitrogens with one attached hydrogen (secondary N) is 2. The highest BCUT2D eigenvalue weighted by molar-refractivity contribution is 6.30. The van der Waals surface area contributed by atoms with E-state index in [2.05, 4.69) is 48.3 Å². The minimum absolute atomic E-state index is 0.0433. The molecule has 2 atom stereocenters. The fourth-order valence-corrected chi connectivity index (χ4v) is 4.51. The third kappa shape index (κ3) is 4.41. The zero-order chi connectivity index (χ0) is 22.4. The standard InChI is InChI=1S/C25H23ClN6O/c26-18-3-1-2-16(8-18)20-9-21(20)25(33)31-23-12-27-11-22(30-23)28-10-19-14-32-13-17(15-4-5-15)6-7-24(32)29-19/h1-3,6-8,11-15,20-21H,4-5,9-10H2,(H2,28,30,31,33)/t20-,21+/m1/s1. The summed E-state index contributed by atoms with van der Waals surface area (Å²) in [5, 5.41) is 6.84. The van der Waals surface area contributed by atoms with Gasteiger partial charge in [-0.2, -0.15) is 0 Å².